The summed E-state index contributed by atoms with van der Waals surface area (Å²) < 4.78 is 27.6. The first kappa shape index (κ1) is 11.3. The van der Waals surface area contributed by atoms with Crippen molar-refractivity contribution in [1.82, 2.24) is 5.32 Å². The lowest BCUT2D eigenvalue weighted by atomic mass is 9.94. The highest BCUT2D eigenvalue weighted by Crippen LogP contribution is 2.33. The van der Waals surface area contributed by atoms with E-state index < -0.39 is 11.8 Å². The van der Waals surface area contributed by atoms with Crippen LogP contribution in [0.25, 0.3) is 0 Å². The molecule has 88 valence electrons. The van der Waals surface area contributed by atoms with Gasteiger partial charge in [0.05, 0.1) is 0 Å². The molecule has 1 atom stereocenters. The van der Waals surface area contributed by atoms with Crippen LogP contribution in [0.3, 0.4) is 0 Å². The summed E-state index contributed by atoms with van der Waals surface area (Å²) in [6, 6.07) is 6.10. The molecular formula is C12H15F2NO. The normalized spacial score (nSPS) is 21.2. The number of phenols is 1. The molecule has 0 radical (unpaired) electrons. The van der Waals surface area contributed by atoms with Gasteiger partial charge in [-0.15, -0.1) is 0 Å². The Hall–Kier alpha value is -1.16. The minimum absolute atomic E-state index is 0.0397. The molecule has 0 amide bonds. The van der Waals surface area contributed by atoms with E-state index in [-0.39, 0.29) is 12.2 Å². The van der Waals surface area contributed by atoms with Gasteiger partial charge in [-0.25, -0.2) is 8.78 Å². The van der Waals surface area contributed by atoms with E-state index >= 15 is 0 Å². The molecule has 0 bridgehead atoms. The van der Waals surface area contributed by atoms with Gasteiger partial charge in [0.15, 0.2) is 0 Å². The van der Waals surface area contributed by atoms with Crippen molar-refractivity contribution in [2.45, 2.75) is 18.8 Å². The molecule has 4 heteroatoms. The van der Waals surface area contributed by atoms with Crippen molar-refractivity contribution in [3.05, 3.63) is 29.8 Å². The van der Waals surface area contributed by atoms with Gasteiger partial charge in [0.1, 0.15) is 5.75 Å². The first-order valence-corrected chi connectivity index (χ1v) is 5.44. The Morgan fingerprint density at radius 2 is 2.25 bits per heavy atom. The Balaban J connectivity index is 2.07. The van der Waals surface area contributed by atoms with E-state index in [4.69, 9.17) is 0 Å². The van der Waals surface area contributed by atoms with Crippen LogP contribution >= 0.6 is 0 Å². The highest BCUT2D eigenvalue weighted by Gasteiger charge is 2.40. The van der Waals surface area contributed by atoms with Gasteiger partial charge in [-0.3, -0.25) is 0 Å². The molecule has 2 nitrogen and oxygen atoms in total. The Kier molecular flexibility index (Phi) is 3.10. The van der Waals surface area contributed by atoms with Gasteiger partial charge in [0.25, 0.3) is 5.92 Å². The predicted octanol–water partition coefficient (Wildman–Crippen LogP) is 2.18. The van der Waals surface area contributed by atoms with Gasteiger partial charge in [0, 0.05) is 18.9 Å². The van der Waals surface area contributed by atoms with E-state index in [2.05, 4.69) is 5.32 Å². The SMILES string of the molecule is Oc1cccc(CC(F)(F)C2CCNC2)c1. The monoisotopic (exact) mass is 227 g/mol. The van der Waals surface area contributed by atoms with Gasteiger partial charge in [-0.2, -0.15) is 0 Å². The van der Waals surface area contributed by atoms with E-state index in [0.717, 1.165) is 0 Å². The second-order valence-corrected chi connectivity index (χ2v) is 4.30. The number of halogens is 2. The second kappa shape index (κ2) is 4.37. The molecule has 1 aromatic carbocycles. The maximum absolute atomic E-state index is 13.8. The molecule has 0 spiro atoms. The Bertz CT molecular complexity index is 362. The first-order chi connectivity index (χ1) is 7.58. The average molecular weight is 227 g/mol. The minimum Gasteiger partial charge on any atom is -0.508 e. The van der Waals surface area contributed by atoms with E-state index in [1.165, 1.54) is 12.1 Å². The van der Waals surface area contributed by atoms with Crippen molar-refractivity contribution in [2.75, 3.05) is 13.1 Å². The van der Waals surface area contributed by atoms with Crippen LogP contribution in [0.15, 0.2) is 24.3 Å². The van der Waals surface area contributed by atoms with Crippen LogP contribution in [0.2, 0.25) is 0 Å². The smallest absolute Gasteiger partial charge is 0.256 e. The average Bonchev–Trinajstić information content (AvgIpc) is 2.69. The third-order valence-electron chi connectivity index (χ3n) is 3.01. The fourth-order valence-corrected chi connectivity index (χ4v) is 2.10. The summed E-state index contributed by atoms with van der Waals surface area (Å²) in [5, 5.41) is 12.2. The summed E-state index contributed by atoms with van der Waals surface area (Å²) in [5.74, 6) is -3.25. The van der Waals surface area contributed by atoms with Crippen LogP contribution < -0.4 is 5.32 Å². The summed E-state index contributed by atoms with van der Waals surface area (Å²) in [4.78, 5) is 0. The van der Waals surface area contributed by atoms with Gasteiger partial charge in [-0.05, 0) is 30.7 Å². The van der Waals surface area contributed by atoms with Crippen molar-refractivity contribution in [3.63, 3.8) is 0 Å². The fraction of sp³-hybridized carbons (Fsp3) is 0.500. The number of aromatic hydroxyl groups is 1. The lowest BCUT2D eigenvalue weighted by molar-refractivity contribution is -0.0499. The summed E-state index contributed by atoms with van der Waals surface area (Å²) in [7, 11) is 0. The van der Waals surface area contributed by atoms with Crippen LogP contribution in [-0.4, -0.2) is 24.1 Å². The molecule has 0 aliphatic carbocycles. The first-order valence-electron chi connectivity index (χ1n) is 5.44. The highest BCUT2D eigenvalue weighted by atomic mass is 19.3. The highest BCUT2D eigenvalue weighted by molar-refractivity contribution is 5.28. The second-order valence-electron chi connectivity index (χ2n) is 4.30. The number of hydrogen-bond donors (Lipinski definition) is 2. The summed E-state index contributed by atoms with van der Waals surface area (Å²) >= 11 is 0. The van der Waals surface area contributed by atoms with Crippen molar-refractivity contribution in [3.8, 4) is 5.75 Å². The lowest BCUT2D eigenvalue weighted by Gasteiger charge is -2.22. The van der Waals surface area contributed by atoms with Crippen molar-refractivity contribution < 1.29 is 13.9 Å². The zero-order chi connectivity index (χ0) is 11.6. The Labute approximate surface area is 93.3 Å². The summed E-state index contributed by atoms with van der Waals surface area (Å²) in [5.41, 5.74) is 0.483. The third kappa shape index (κ3) is 2.50. The van der Waals surface area contributed by atoms with Crippen molar-refractivity contribution in [1.29, 1.82) is 0 Å². The molecule has 0 aromatic heterocycles. The van der Waals surface area contributed by atoms with Gasteiger partial charge < -0.3 is 10.4 Å². The van der Waals surface area contributed by atoms with Gasteiger partial charge >= 0.3 is 0 Å². The van der Waals surface area contributed by atoms with E-state index in [9.17, 15) is 13.9 Å². The predicted molar refractivity (Wildman–Crippen MR) is 57.7 cm³/mol. The molecule has 2 rings (SSSR count). The molecule has 2 N–H and O–H groups in total. The summed E-state index contributed by atoms with van der Waals surface area (Å²) in [6.07, 6.45) is 0.222. The topological polar surface area (TPSA) is 32.3 Å². The van der Waals surface area contributed by atoms with Crippen LogP contribution in [0.4, 0.5) is 8.78 Å². The van der Waals surface area contributed by atoms with E-state index in [0.29, 0.717) is 25.1 Å². The molecule has 1 aliphatic heterocycles. The number of hydrogen-bond acceptors (Lipinski definition) is 2. The van der Waals surface area contributed by atoms with Crippen LogP contribution in [0.5, 0.6) is 5.75 Å². The van der Waals surface area contributed by atoms with Crippen molar-refractivity contribution in [2.24, 2.45) is 5.92 Å². The summed E-state index contributed by atoms with van der Waals surface area (Å²) in [6.45, 7) is 1.05. The van der Waals surface area contributed by atoms with Crippen LogP contribution in [-0.2, 0) is 6.42 Å². The molecule has 0 saturated carbocycles. The Morgan fingerprint density at radius 3 is 2.88 bits per heavy atom. The van der Waals surface area contributed by atoms with E-state index in [1.54, 1.807) is 12.1 Å². The quantitative estimate of drug-likeness (QED) is 0.829. The van der Waals surface area contributed by atoms with Crippen LogP contribution in [0, 0.1) is 5.92 Å². The third-order valence-corrected chi connectivity index (χ3v) is 3.01. The maximum Gasteiger partial charge on any atom is 0.256 e. The number of nitrogens with one attached hydrogen (secondary N) is 1. The van der Waals surface area contributed by atoms with Gasteiger partial charge in [-0.1, -0.05) is 12.1 Å². The largest absolute Gasteiger partial charge is 0.508 e. The van der Waals surface area contributed by atoms with Crippen molar-refractivity contribution >= 4 is 0 Å². The standard InChI is InChI=1S/C12H15F2NO/c13-12(14,10-4-5-15-8-10)7-9-2-1-3-11(16)6-9/h1-3,6,10,15-16H,4-5,7-8H2. The molecule has 1 unspecified atom stereocenters. The van der Waals surface area contributed by atoms with E-state index in [1.807, 2.05) is 0 Å². The number of benzene rings is 1. The number of phenolic OH excluding ortho intramolecular Hbond substituents is 1. The zero-order valence-corrected chi connectivity index (χ0v) is 8.92. The molecular weight excluding hydrogens is 212 g/mol. The molecule has 1 fully saturated rings. The number of alkyl halides is 2. The fourth-order valence-electron chi connectivity index (χ4n) is 2.10. The lowest BCUT2D eigenvalue weighted by Crippen LogP contribution is -2.32. The van der Waals surface area contributed by atoms with Gasteiger partial charge in [0.2, 0.25) is 0 Å². The Morgan fingerprint density at radius 1 is 1.44 bits per heavy atom. The molecule has 1 aromatic rings. The molecule has 1 heterocycles. The molecule has 1 aliphatic rings. The molecule has 16 heavy (non-hydrogen) atoms. The molecule has 1 saturated heterocycles. The zero-order valence-electron chi connectivity index (χ0n) is 8.92. The van der Waals surface area contributed by atoms with Crippen LogP contribution in [0.1, 0.15) is 12.0 Å². The number of rotatable bonds is 3. The maximum atomic E-state index is 13.8. The minimum atomic E-state index is -2.70.